The Hall–Kier alpha value is -3.25. The molecule has 2 heterocycles. The summed E-state index contributed by atoms with van der Waals surface area (Å²) < 4.78 is 7.72. The Morgan fingerprint density at radius 1 is 1.04 bits per heavy atom. The van der Waals surface area contributed by atoms with E-state index >= 15 is 0 Å². The minimum absolute atomic E-state index is 0.0240. The van der Waals surface area contributed by atoms with Crippen molar-refractivity contribution in [1.82, 2.24) is 19.6 Å². The number of rotatable bonds is 7. The second kappa shape index (κ2) is 7.97. The van der Waals surface area contributed by atoms with Crippen LogP contribution in [0.2, 0.25) is 0 Å². The predicted octanol–water partition coefficient (Wildman–Crippen LogP) is 3.80. The highest BCUT2D eigenvalue weighted by Crippen LogP contribution is 2.21. The van der Waals surface area contributed by atoms with E-state index in [2.05, 4.69) is 44.6 Å². The molecule has 1 N–H and O–H groups in total. The van der Waals surface area contributed by atoms with E-state index in [4.69, 9.17) is 4.74 Å². The van der Waals surface area contributed by atoms with Crippen molar-refractivity contribution >= 4 is 11.6 Å². The molecule has 0 saturated carbocycles. The monoisotopic (exact) mass is 359 g/mol. The lowest BCUT2D eigenvalue weighted by Crippen LogP contribution is -2.19. The van der Waals surface area contributed by atoms with Crippen molar-refractivity contribution in [2.24, 2.45) is 0 Å². The van der Waals surface area contributed by atoms with Crippen LogP contribution in [0.4, 0.5) is 5.82 Å². The van der Waals surface area contributed by atoms with Crippen LogP contribution in [0.3, 0.4) is 0 Å². The SMILES string of the molecule is Cc1cc(NC(COCc2ccccc2)c2ccccc2)n2ncnc2n1. The lowest BCUT2D eigenvalue weighted by atomic mass is 10.1. The van der Waals surface area contributed by atoms with Crippen molar-refractivity contribution < 1.29 is 4.74 Å². The van der Waals surface area contributed by atoms with Gasteiger partial charge in [0.1, 0.15) is 12.1 Å². The molecule has 1 atom stereocenters. The van der Waals surface area contributed by atoms with E-state index in [1.807, 2.05) is 49.4 Å². The molecule has 0 aliphatic rings. The van der Waals surface area contributed by atoms with Crippen LogP contribution in [0.5, 0.6) is 0 Å². The summed E-state index contributed by atoms with van der Waals surface area (Å²) in [7, 11) is 0. The fourth-order valence-electron chi connectivity index (χ4n) is 2.99. The second-order valence-electron chi connectivity index (χ2n) is 6.36. The zero-order chi connectivity index (χ0) is 18.5. The van der Waals surface area contributed by atoms with Gasteiger partial charge in [0.15, 0.2) is 0 Å². The number of hydrogen-bond donors (Lipinski definition) is 1. The summed E-state index contributed by atoms with van der Waals surface area (Å²) in [6.45, 7) is 3.04. The molecule has 4 aromatic rings. The van der Waals surface area contributed by atoms with Gasteiger partial charge in [0.2, 0.25) is 0 Å². The normalized spacial score (nSPS) is 12.2. The Morgan fingerprint density at radius 2 is 1.78 bits per heavy atom. The number of ether oxygens (including phenoxy) is 1. The topological polar surface area (TPSA) is 64.3 Å². The van der Waals surface area contributed by atoms with Crippen LogP contribution in [0.15, 0.2) is 73.1 Å². The van der Waals surface area contributed by atoms with Gasteiger partial charge in [-0.25, -0.2) is 4.98 Å². The summed E-state index contributed by atoms with van der Waals surface area (Å²) in [4.78, 5) is 8.59. The lowest BCUT2D eigenvalue weighted by molar-refractivity contribution is 0.112. The highest BCUT2D eigenvalue weighted by molar-refractivity contribution is 5.46. The van der Waals surface area contributed by atoms with Crippen molar-refractivity contribution in [2.75, 3.05) is 11.9 Å². The quantitative estimate of drug-likeness (QED) is 0.544. The molecule has 0 aliphatic carbocycles. The maximum Gasteiger partial charge on any atom is 0.254 e. The number of benzene rings is 2. The minimum atomic E-state index is -0.0240. The van der Waals surface area contributed by atoms with Crippen LogP contribution in [0, 0.1) is 6.92 Å². The first-order chi connectivity index (χ1) is 13.3. The van der Waals surface area contributed by atoms with Crippen LogP contribution in [-0.2, 0) is 11.3 Å². The van der Waals surface area contributed by atoms with E-state index in [0.717, 1.165) is 22.6 Å². The number of nitrogens with one attached hydrogen (secondary N) is 1. The molecular weight excluding hydrogens is 338 g/mol. The summed E-state index contributed by atoms with van der Waals surface area (Å²) in [5.74, 6) is 1.42. The maximum absolute atomic E-state index is 6.01. The third-order valence-electron chi connectivity index (χ3n) is 4.30. The Kier molecular flexibility index (Phi) is 5.07. The van der Waals surface area contributed by atoms with Crippen LogP contribution in [-0.4, -0.2) is 26.2 Å². The van der Waals surface area contributed by atoms with Gasteiger partial charge in [0.25, 0.3) is 5.78 Å². The fourth-order valence-corrected chi connectivity index (χ4v) is 2.99. The van der Waals surface area contributed by atoms with Gasteiger partial charge in [-0.15, -0.1) is 0 Å². The molecule has 6 nitrogen and oxygen atoms in total. The third kappa shape index (κ3) is 4.12. The van der Waals surface area contributed by atoms with Gasteiger partial charge >= 0.3 is 0 Å². The Morgan fingerprint density at radius 3 is 2.56 bits per heavy atom. The number of aromatic nitrogens is 4. The fraction of sp³-hybridized carbons (Fsp3) is 0.190. The standard InChI is InChI=1S/C21H21N5O/c1-16-12-20(26-21(24-16)22-15-23-26)25-19(18-10-6-3-7-11-18)14-27-13-17-8-4-2-5-9-17/h2-12,15,19,25H,13-14H2,1H3. The van der Waals surface area contributed by atoms with Crippen molar-refractivity contribution in [3.05, 3.63) is 89.9 Å². The molecule has 2 aromatic heterocycles. The maximum atomic E-state index is 6.01. The molecule has 136 valence electrons. The van der Waals surface area contributed by atoms with Crippen molar-refractivity contribution in [3.8, 4) is 0 Å². The Balaban J connectivity index is 1.55. The molecule has 0 fully saturated rings. The molecular formula is C21H21N5O. The van der Waals surface area contributed by atoms with Crippen molar-refractivity contribution in [3.63, 3.8) is 0 Å². The van der Waals surface area contributed by atoms with Gasteiger partial charge in [-0.05, 0) is 18.1 Å². The molecule has 1 unspecified atom stereocenters. The minimum Gasteiger partial charge on any atom is -0.374 e. The number of fused-ring (bicyclic) bond motifs is 1. The van der Waals surface area contributed by atoms with E-state index in [1.54, 1.807) is 4.52 Å². The van der Waals surface area contributed by atoms with Gasteiger partial charge in [0, 0.05) is 11.8 Å². The largest absolute Gasteiger partial charge is 0.374 e. The highest BCUT2D eigenvalue weighted by Gasteiger charge is 2.15. The molecule has 2 aromatic carbocycles. The first-order valence-electron chi connectivity index (χ1n) is 8.90. The molecule has 0 aliphatic heterocycles. The van der Waals surface area contributed by atoms with Gasteiger partial charge in [0.05, 0.1) is 19.3 Å². The summed E-state index contributed by atoms with van der Waals surface area (Å²) >= 11 is 0. The van der Waals surface area contributed by atoms with E-state index in [1.165, 1.54) is 6.33 Å². The molecule has 6 heteroatoms. The van der Waals surface area contributed by atoms with Crippen LogP contribution in [0.1, 0.15) is 22.9 Å². The zero-order valence-corrected chi connectivity index (χ0v) is 15.1. The Labute approximate surface area is 157 Å². The van der Waals surface area contributed by atoms with E-state index in [9.17, 15) is 0 Å². The first-order valence-corrected chi connectivity index (χ1v) is 8.90. The van der Waals surface area contributed by atoms with Crippen molar-refractivity contribution in [1.29, 1.82) is 0 Å². The summed E-state index contributed by atoms with van der Waals surface area (Å²) in [5, 5.41) is 7.82. The molecule has 0 spiro atoms. The number of aryl methyl sites for hydroxylation is 1. The second-order valence-corrected chi connectivity index (χ2v) is 6.36. The average molecular weight is 359 g/mol. The number of hydrogen-bond acceptors (Lipinski definition) is 5. The van der Waals surface area contributed by atoms with Crippen LogP contribution in [0.25, 0.3) is 5.78 Å². The average Bonchev–Trinajstić information content (AvgIpc) is 3.17. The van der Waals surface area contributed by atoms with Gasteiger partial charge in [-0.2, -0.15) is 14.6 Å². The highest BCUT2D eigenvalue weighted by atomic mass is 16.5. The number of anilines is 1. The summed E-state index contributed by atoms with van der Waals surface area (Å²) in [5.41, 5.74) is 3.19. The van der Waals surface area contributed by atoms with Crippen LogP contribution < -0.4 is 5.32 Å². The van der Waals surface area contributed by atoms with Gasteiger partial charge < -0.3 is 10.1 Å². The third-order valence-corrected chi connectivity index (χ3v) is 4.30. The predicted molar refractivity (Wildman–Crippen MR) is 104 cm³/mol. The molecule has 27 heavy (non-hydrogen) atoms. The molecule has 4 rings (SSSR count). The molecule has 0 saturated heterocycles. The van der Waals surface area contributed by atoms with Crippen molar-refractivity contribution in [2.45, 2.75) is 19.6 Å². The molecule has 0 bridgehead atoms. The van der Waals surface area contributed by atoms with E-state index in [0.29, 0.717) is 19.0 Å². The smallest absolute Gasteiger partial charge is 0.254 e. The summed E-state index contributed by atoms with van der Waals surface area (Å²) in [6.07, 6.45) is 1.51. The van der Waals surface area contributed by atoms with Gasteiger partial charge in [-0.1, -0.05) is 60.7 Å². The lowest BCUT2D eigenvalue weighted by Gasteiger charge is -2.21. The van der Waals surface area contributed by atoms with E-state index < -0.39 is 0 Å². The summed E-state index contributed by atoms with van der Waals surface area (Å²) in [6, 6.07) is 22.4. The van der Waals surface area contributed by atoms with Crippen LogP contribution >= 0.6 is 0 Å². The first kappa shape index (κ1) is 17.2. The molecule has 0 amide bonds. The zero-order valence-electron chi connectivity index (χ0n) is 15.1. The number of nitrogens with zero attached hydrogens (tertiary/aromatic N) is 4. The Bertz CT molecular complexity index is 1000. The van der Waals surface area contributed by atoms with E-state index in [-0.39, 0.29) is 6.04 Å². The molecule has 0 radical (unpaired) electrons. The van der Waals surface area contributed by atoms with Gasteiger partial charge in [-0.3, -0.25) is 0 Å².